The van der Waals surface area contributed by atoms with Gasteiger partial charge in [-0.25, -0.2) is 4.99 Å². The first-order chi connectivity index (χ1) is 11.7. The number of benzene rings is 1. The van der Waals surface area contributed by atoms with E-state index < -0.39 is 0 Å². The normalized spacial score (nSPS) is 18.7. The van der Waals surface area contributed by atoms with Crippen molar-refractivity contribution in [2.75, 3.05) is 5.32 Å². The summed E-state index contributed by atoms with van der Waals surface area (Å²) in [7, 11) is 0. The first-order valence-corrected chi connectivity index (χ1v) is 8.92. The molecule has 24 heavy (non-hydrogen) atoms. The van der Waals surface area contributed by atoms with Crippen molar-refractivity contribution in [1.29, 1.82) is 0 Å². The summed E-state index contributed by atoms with van der Waals surface area (Å²) in [5.74, 6) is 1.61. The van der Waals surface area contributed by atoms with E-state index in [0.717, 1.165) is 29.9 Å². The second-order valence-electron chi connectivity index (χ2n) is 6.37. The molecule has 2 aliphatic rings. The number of hydrogen-bond acceptors (Lipinski definition) is 5. The van der Waals surface area contributed by atoms with Gasteiger partial charge in [0.2, 0.25) is 0 Å². The maximum Gasteiger partial charge on any atom is 0.251 e. The van der Waals surface area contributed by atoms with E-state index >= 15 is 0 Å². The van der Waals surface area contributed by atoms with Crippen molar-refractivity contribution in [3.63, 3.8) is 0 Å². The van der Waals surface area contributed by atoms with Crippen LogP contribution < -0.4 is 10.6 Å². The van der Waals surface area contributed by atoms with Crippen molar-refractivity contribution in [2.24, 2.45) is 4.99 Å². The van der Waals surface area contributed by atoms with Gasteiger partial charge in [0.25, 0.3) is 5.88 Å². The molecule has 4 rings (SSSR count). The summed E-state index contributed by atoms with van der Waals surface area (Å²) in [4.78, 5) is 4.77. The minimum atomic E-state index is -0.193. The van der Waals surface area contributed by atoms with Crippen molar-refractivity contribution < 1.29 is 4.52 Å². The maximum atomic E-state index is 6.11. The minimum absolute atomic E-state index is 0.193. The number of amidine groups is 1. The van der Waals surface area contributed by atoms with E-state index in [0.29, 0.717) is 22.5 Å². The van der Waals surface area contributed by atoms with Crippen LogP contribution in [-0.2, 0) is 6.54 Å². The minimum Gasteiger partial charge on any atom is -0.367 e. The molecule has 1 saturated carbocycles. The topological polar surface area (TPSA) is 62.5 Å². The molecule has 1 fully saturated rings. The lowest BCUT2D eigenvalue weighted by Crippen LogP contribution is -2.54. The zero-order valence-electron chi connectivity index (χ0n) is 13.1. The van der Waals surface area contributed by atoms with Gasteiger partial charge < -0.3 is 15.2 Å². The van der Waals surface area contributed by atoms with Gasteiger partial charge in [-0.15, -0.1) is 0 Å². The molecule has 1 spiro atoms. The van der Waals surface area contributed by atoms with E-state index in [-0.39, 0.29) is 5.54 Å². The Balaban J connectivity index is 1.59. The molecule has 2 N–H and O–H groups in total. The summed E-state index contributed by atoms with van der Waals surface area (Å²) in [6.45, 7) is 0.639. The van der Waals surface area contributed by atoms with Gasteiger partial charge in [0.05, 0.1) is 21.8 Å². The monoisotopic (exact) mass is 364 g/mol. The quantitative estimate of drug-likeness (QED) is 0.792. The van der Waals surface area contributed by atoms with Crippen molar-refractivity contribution in [3.05, 3.63) is 40.0 Å². The molecule has 0 amide bonds. The van der Waals surface area contributed by atoms with E-state index in [2.05, 4.69) is 15.8 Å². The molecule has 7 heteroatoms. The van der Waals surface area contributed by atoms with Crippen molar-refractivity contribution in [2.45, 2.75) is 44.2 Å². The number of nitrogens with zero attached hydrogens (tertiary/aromatic N) is 2. The Labute approximate surface area is 150 Å². The number of fused-ring (bicyclic) bond motifs is 1. The molecule has 2 aromatic rings. The fourth-order valence-electron chi connectivity index (χ4n) is 3.47. The number of halogens is 2. The van der Waals surface area contributed by atoms with Crippen molar-refractivity contribution in [1.82, 2.24) is 10.5 Å². The van der Waals surface area contributed by atoms with Crippen LogP contribution in [0.1, 0.15) is 37.7 Å². The first-order valence-electron chi connectivity index (χ1n) is 8.16. The van der Waals surface area contributed by atoms with Gasteiger partial charge >= 0.3 is 0 Å². The lowest BCUT2D eigenvalue weighted by atomic mass is 9.79. The zero-order chi connectivity index (χ0) is 16.6. The molecular weight excluding hydrogens is 347 g/mol. The van der Waals surface area contributed by atoms with Crippen LogP contribution in [0, 0.1) is 0 Å². The van der Waals surface area contributed by atoms with Gasteiger partial charge in [-0.1, -0.05) is 53.7 Å². The summed E-state index contributed by atoms with van der Waals surface area (Å²) in [6.07, 6.45) is 7.29. The zero-order valence-corrected chi connectivity index (χ0v) is 14.6. The predicted molar refractivity (Wildman–Crippen MR) is 96.3 cm³/mol. The smallest absolute Gasteiger partial charge is 0.251 e. The largest absolute Gasteiger partial charge is 0.367 e. The summed E-state index contributed by atoms with van der Waals surface area (Å²) in [5.41, 5.74) is 1.61. The highest BCUT2D eigenvalue weighted by molar-refractivity contribution is 6.42. The fraction of sp³-hybridized carbons (Fsp3) is 0.412. The first kappa shape index (κ1) is 15.8. The third-order valence-corrected chi connectivity index (χ3v) is 5.48. The molecule has 0 radical (unpaired) electrons. The summed E-state index contributed by atoms with van der Waals surface area (Å²) >= 11 is 12.1. The molecule has 1 aromatic carbocycles. The van der Waals surface area contributed by atoms with Crippen LogP contribution in [0.15, 0.2) is 33.9 Å². The Kier molecular flexibility index (Phi) is 4.14. The van der Waals surface area contributed by atoms with Gasteiger partial charge in [-0.2, -0.15) is 0 Å². The van der Waals surface area contributed by atoms with E-state index in [4.69, 9.17) is 32.7 Å². The maximum absolute atomic E-state index is 6.11. The lowest BCUT2D eigenvalue weighted by Gasteiger charge is -2.41. The van der Waals surface area contributed by atoms with E-state index in [1.807, 2.05) is 18.2 Å². The van der Waals surface area contributed by atoms with Crippen LogP contribution in [0.2, 0.25) is 10.0 Å². The molecule has 126 valence electrons. The highest BCUT2D eigenvalue weighted by atomic mass is 35.5. The molecule has 1 aromatic heterocycles. The van der Waals surface area contributed by atoms with Gasteiger partial charge in [-0.3, -0.25) is 0 Å². The Morgan fingerprint density at radius 1 is 1.17 bits per heavy atom. The third-order valence-electron chi connectivity index (χ3n) is 4.74. The number of anilines is 1. The van der Waals surface area contributed by atoms with Crippen molar-refractivity contribution >= 4 is 40.6 Å². The number of nitrogens with one attached hydrogen (secondary N) is 2. The molecule has 0 saturated heterocycles. The van der Waals surface area contributed by atoms with Crippen molar-refractivity contribution in [3.8, 4) is 0 Å². The molecule has 0 atom stereocenters. The Hall–Kier alpha value is -1.72. The average Bonchev–Trinajstić information content (AvgIpc) is 3.03. The van der Waals surface area contributed by atoms with Gasteiger partial charge in [0.15, 0.2) is 0 Å². The van der Waals surface area contributed by atoms with E-state index in [9.17, 15) is 0 Å². The number of hydrogen-bond donors (Lipinski definition) is 2. The lowest BCUT2D eigenvalue weighted by molar-refractivity contribution is 0.370. The number of rotatable bonds is 2. The fourth-order valence-corrected chi connectivity index (χ4v) is 3.79. The molecule has 1 aliphatic heterocycles. The highest BCUT2D eigenvalue weighted by Crippen LogP contribution is 2.40. The number of aliphatic imine (C=N–C) groups is 1. The molecular formula is C17H18Cl2N4O. The molecule has 0 bridgehead atoms. The van der Waals surface area contributed by atoms with Crippen LogP contribution in [0.25, 0.3) is 0 Å². The highest BCUT2D eigenvalue weighted by Gasteiger charge is 2.41. The second kappa shape index (κ2) is 6.30. The van der Waals surface area contributed by atoms with Gasteiger partial charge in [-0.05, 0) is 30.5 Å². The van der Waals surface area contributed by atoms with Gasteiger partial charge in [0, 0.05) is 6.54 Å². The SMILES string of the molecule is Clc1ccc(CNC2=Nc3cnoc3NC23CCCCC3)cc1Cl. The summed E-state index contributed by atoms with van der Waals surface area (Å²) < 4.78 is 5.30. The van der Waals surface area contributed by atoms with Crippen LogP contribution >= 0.6 is 23.2 Å². The van der Waals surface area contributed by atoms with Crippen LogP contribution in [-0.4, -0.2) is 16.5 Å². The predicted octanol–water partition coefficient (Wildman–Crippen LogP) is 4.93. The van der Waals surface area contributed by atoms with Crippen LogP contribution in [0.4, 0.5) is 11.6 Å². The third kappa shape index (κ3) is 2.87. The summed E-state index contributed by atoms with van der Waals surface area (Å²) in [5, 5.41) is 12.0. The molecule has 2 heterocycles. The molecule has 1 aliphatic carbocycles. The second-order valence-corrected chi connectivity index (χ2v) is 7.18. The van der Waals surface area contributed by atoms with Crippen LogP contribution in [0.5, 0.6) is 0 Å². The average molecular weight is 365 g/mol. The Morgan fingerprint density at radius 2 is 2.00 bits per heavy atom. The Morgan fingerprint density at radius 3 is 2.79 bits per heavy atom. The number of aromatic nitrogens is 1. The molecule has 0 unspecified atom stereocenters. The Bertz CT molecular complexity index is 781. The van der Waals surface area contributed by atoms with Gasteiger partial charge in [0.1, 0.15) is 11.5 Å². The van der Waals surface area contributed by atoms with E-state index in [1.54, 1.807) is 6.20 Å². The van der Waals surface area contributed by atoms with Crippen LogP contribution in [0.3, 0.4) is 0 Å². The standard InChI is InChI=1S/C17H18Cl2N4O/c18-12-5-4-11(8-13(12)19)9-20-16-17(6-2-1-3-7-17)23-15-14(22-16)10-21-24-15/h4-5,8,10,23H,1-3,6-7,9H2,(H,20,22). The molecule has 5 nitrogen and oxygen atoms in total. The van der Waals surface area contributed by atoms with E-state index in [1.165, 1.54) is 19.3 Å². The summed E-state index contributed by atoms with van der Waals surface area (Å²) in [6, 6.07) is 5.67.